The molecule has 1 aromatic carbocycles. The van der Waals surface area contributed by atoms with Crippen molar-refractivity contribution in [3.63, 3.8) is 0 Å². The topological polar surface area (TPSA) is 79.4 Å². The van der Waals surface area contributed by atoms with Gasteiger partial charge >= 0.3 is 0 Å². The lowest BCUT2D eigenvalue weighted by atomic mass is 10.1. The van der Waals surface area contributed by atoms with Crippen molar-refractivity contribution in [3.05, 3.63) is 18.2 Å². The largest absolute Gasteiger partial charge is 0.495 e. The molecular weight excluding hydrogens is 286 g/mol. The van der Waals surface area contributed by atoms with E-state index in [1.54, 1.807) is 7.11 Å². The fraction of sp³-hybridized carbons (Fsp3) is 0.600. The van der Waals surface area contributed by atoms with Crippen molar-refractivity contribution in [2.75, 3.05) is 30.8 Å². The second-order valence-electron chi connectivity index (χ2n) is 5.96. The lowest BCUT2D eigenvalue weighted by Crippen LogP contribution is -2.40. The molecule has 1 atom stereocenters. The number of nitrogens with one attached hydrogen (secondary N) is 1. The number of piperidine rings is 1. The van der Waals surface area contributed by atoms with E-state index in [0.29, 0.717) is 11.4 Å². The normalized spacial score (nSPS) is 22.8. The SMILES string of the molecule is COc1cc(N2CCC(S(=N)(=O)C3CC3)CC2)ccc1N. The number of methoxy groups -OCH3 is 1. The molecule has 116 valence electrons. The fourth-order valence-electron chi connectivity index (χ4n) is 3.05. The van der Waals surface area contributed by atoms with Crippen LogP contribution >= 0.6 is 0 Å². The molecule has 0 radical (unpaired) electrons. The summed E-state index contributed by atoms with van der Waals surface area (Å²) in [5.41, 5.74) is 7.57. The Balaban J connectivity index is 1.68. The van der Waals surface area contributed by atoms with E-state index in [1.807, 2.05) is 18.2 Å². The summed E-state index contributed by atoms with van der Waals surface area (Å²) >= 11 is 0. The van der Waals surface area contributed by atoms with Gasteiger partial charge in [-0.1, -0.05) is 0 Å². The smallest absolute Gasteiger partial charge is 0.143 e. The highest BCUT2D eigenvalue weighted by molar-refractivity contribution is 7.93. The highest BCUT2D eigenvalue weighted by Crippen LogP contribution is 2.36. The van der Waals surface area contributed by atoms with Crippen molar-refractivity contribution in [1.82, 2.24) is 0 Å². The predicted molar refractivity (Wildman–Crippen MR) is 86.5 cm³/mol. The number of nitrogens with zero attached hydrogens (tertiary/aromatic N) is 1. The lowest BCUT2D eigenvalue weighted by Gasteiger charge is -2.34. The first kappa shape index (κ1) is 14.5. The number of nitrogens with two attached hydrogens (primary N) is 1. The molecule has 2 fully saturated rings. The monoisotopic (exact) mass is 309 g/mol. The second-order valence-corrected chi connectivity index (χ2v) is 8.59. The number of rotatable bonds is 4. The van der Waals surface area contributed by atoms with Gasteiger partial charge in [0.15, 0.2) is 0 Å². The summed E-state index contributed by atoms with van der Waals surface area (Å²) in [5.74, 6) is 0.692. The molecule has 1 unspecified atom stereocenters. The van der Waals surface area contributed by atoms with Crippen LogP contribution in [-0.4, -0.2) is 34.9 Å². The van der Waals surface area contributed by atoms with Gasteiger partial charge in [0.1, 0.15) is 5.75 Å². The first-order valence-electron chi connectivity index (χ1n) is 7.47. The molecule has 21 heavy (non-hydrogen) atoms. The summed E-state index contributed by atoms with van der Waals surface area (Å²) in [4.78, 5) is 2.26. The van der Waals surface area contributed by atoms with Crippen LogP contribution in [0.25, 0.3) is 0 Å². The summed E-state index contributed by atoms with van der Waals surface area (Å²) in [6.07, 6.45) is 3.65. The van der Waals surface area contributed by atoms with Crippen molar-refractivity contribution < 1.29 is 8.95 Å². The summed E-state index contributed by atoms with van der Waals surface area (Å²) in [6.45, 7) is 1.70. The summed E-state index contributed by atoms with van der Waals surface area (Å²) in [5, 5.41) is 0.239. The Kier molecular flexibility index (Phi) is 3.73. The van der Waals surface area contributed by atoms with E-state index >= 15 is 0 Å². The summed E-state index contributed by atoms with van der Waals surface area (Å²) in [7, 11) is -0.768. The van der Waals surface area contributed by atoms with Gasteiger partial charge in [-0.3, -0.25) is 4.78 Å². The number of benzene rings is 1. The van der Waals surface area contributed by atoms with Gasteiger partial charge in [0.2, 0.25) is 0 Å². The minimum Gasteiger partial charge on any atom is -0.495 e. The molecule has 3 N–H and O–H groups in total. The van der Waals surface area contributed by atoms with E-state index < -0.39 is 9.73 Å². The van der Waals surface area contributed by atoms with Crippen molar-refractivity contribution in [2.24, 2.45) is 0 Å². The first-order valence-corrected chi connectivity index (χ1v) is 9.15. The van der Waals surface area contributed by atoms with Crippen molar-refractivity contribution in [3.8, 4) is 5.75 Å². The maximum absolute atomic E-state index is 12.5. The van der Waals surface area contributed by atoms with Gasteiger partial charge < -0.3 is 15.4 Å². The molecule has 1 saturated carbocycles. The highest BCUT2D eigenvalue weighted by Gasteiger charge is 2.39. The molecule has 3 rings (SSSR count). The van der Waals surface area contributed by atoms with E-state index in [4.69, 9.17) is 15.3 Å². The molecule has 2 aliphatic rings. The van der Waals surface area contributed by atoms with Gasteiger partial charge in [-0.2, -0.15) is 0 Å². The Labute approximate surface area is 126 Å². The van der Waals surface area contributed by atoms with Crippen LogP contribution in [0.5, 0.6) is 5.75 Å². The van der Waals surface area contributed by atoms with Crippen LogP contribution in [0.1, 0.15) is 25.7 Å². The molecule has 1 aliphatic heterocycles. The van der Waals surface area contributed by atoms with Crippen molar-refractivity contribution >= 4 is 21.1 Å². The number of anilines is 2. The average Bonchev–Trinajstić information content (AvgIpc) is 3.33. The quantitative estimate of drug-likeness (QED) is 0.837. The van der Waals surface area contributed by atoms with Crippen LogP contribution in [0.3, 0.4) is 0 Å². The Bertz CT molecular complexity index is 618. The van der Waals surface area contributed by atoms with E-state index in [9.17, 15) is 4.21 Å². The third-order valence-electron chi connectivity index (χ3n) is 4.54. The number of ether oxygens (including phenoxy) is 1. The Hall–Kier alpha value is -1.43. The first-order chi connectivity index (χ1) is 10.0. The minimum absolute atomic E-state index is 0.0666. The molecule has 5 nitrogen and oxygen atoms in total. The van der Waals surface area contributed by atoms with Gasteiger partial charge in [-0.15, -0.1) is 0 Å². The number of hydrogen-bond donors (Lipinski definition) is 2. The molecular formula is C15H23N3O2S. The number of hydrogen-bond acceptors (Lipinski definition) is 5. The van der Waals surface area contributed by atoms with E-state index in [1.165, 1.54) is 0 Å². The highest BCUT2D eigenvalue weighted by atomic mass is 32.2. The molecule has 1 aromatic rings. The predicted octanol–water partition coefficient (Wildman–Crippen LogP) is 2.46. The standard InChI is InChI=1S/C15H23N3O2S/c1-20-15-10-11(2-5-14(15)16)18-8-6-13(7-9-18)21(17,19)12-3-4-12/h2,5,10,12-13,17H,3-4,6-9,16H2,1H3. The molecule has 0 amide bonds. The fourth-order valence-corrected chi connectivity index (χ4v) is 5.34. The van der Waals surface area contributed by atoms with Gasteiger partial charge in [0.05, 0.1) is 22.5 Å². The second kappa shape index (κ2) is 5.40. The van der Waals surface area contributed by atoms with E-state index in [2.05, 4.69) is 4.90 Å². The Morgan fingerprint density at radius 1 is 1.24 bits per heavy atom. The number of nitrogen functional groups attached to an aromatic ring is 1. The van der Waals surface area contributed by atoms with Gasteiger partial charge in [0.25, 0.3) is 0 Å². The Morgan fingerprint density at radius 2 is 1.86 bits per heavy atom. The summed E-state index contributed by atoms with van der Waals surface area (Å²) in [6, 6.07) is 5.81. The zero-order chi connectivity index (χ0) is 15.0. The molecule has 0 aromatic heterocycles. The summed E-state index contributed by atoms with van der Waals surface area (Å²) < 4.78 is 25.9. The van der Waals surface area contributed by atoms with Gasteiger partial charge in [0, 0.05) is 35.3 Å². The maximum atomic E-state index is 12.5. The third-order valence-corrected chi connectivity index (χ3v) is 7.46. The molecule has 1 saturated heterocycles. The Morgan fingerprint density at radius 3 is 2.43 bits per heavy atom. The molecule has 1 heterocycles. The zero-order valence-corrected chi connectivity index (χ0v) is 13.2. The molecule has 0 spiro atoms. The maximum Gasteiger partial charge on any atom is 0.143 e. The minimum atomic E-state index is -2.39. The average molecular weight is 309 g/mol. The molecule has 0 bridgehead atoms. The van der Waals surface area contributed by atoms with E-state index in [-0.39, 0.29) is 10.5 Å². The molecule has 1 aliphatic carbocycles. The van der Waals surface area contributed by atoms with Crippen molar-refractivity contribution in [2.45, 2.75) is 36.2 Å². The van der Waals surface area contributed by atoms with Crippen molar-refractivity contribution in [1.29, 1.82) is 4.78 Å². The zero-order valence-electron chi connectivity index (χ0n) is 12.4. The van der Waals surface area contributed by atoms with Crippen LogP contribution < -0.4 is 15.4 Å². The third kappa shape index (κ3) is 2.81. The van der Waals surface area contributed by atoms with Crippen LogP contribution in [0, 0.1) is 4.78 Å². The molecule has 6 heteroatoms. The van der Waals surface area contributed by atoms with E-state index in [0.717, 1.165) is 44.5 Å². The van der Waals surface area contributed by atoms with Crippen LogP contribution in [0.4, 0.5) is 11.4 Å². The van der Waals surface area contributed by atoms with Crippen LogP contribution in [0.15, 0.2) is 18.2 Å². The van der Waals surface area contributed by atoms with Gasteiger partial charge in [-0.25, -0.2) is 4.21 Å². The van der Waals surface area contributed by atoms with Crippen LogP contribution in [-0.2, 0) is 9.73 Å². The van der Waals surface area contributed by atoms with Gasteiger partial charge in [-0.05, 0) is 37.8 Å². The lowest BCUT2D eigenvalue weighted by molar-refractivity contribution is 0.417. The van der Waals surface area contributed by atoms with Crippen LogP contribution in [0.2, 0.25) is 0 Å².